The molecule has 1 aliphatic rings. The van der Waals surface area contributed by atoms with Crippen molar-refractivity contribution in [2.24, 2.45) is 0 Å². The van der Waals surface area contributed by atoms with Crippen molar-refractivity contribution in [3.05, 3.63) is 0 Å². The van der Waals surface area contributed by atoms with Gasteiger partial charge in [-0.15, -0.1) is 24.6 Å². The van der Waals surface area contributed by atoms with E-state index in [9.17, 15) is 19.5 Å². The fraction of sp³-hybridized carbons (Fsp3) is 0.562. The average Bonchev–Trinajstić information content (AvgIpc) is 2.71. The second-order valence-corrected chi connectivity index (χ2v) is 8.33. The number of carboxylic acid groups (broad SMARTS) is 1. The van der Waals surface area contributed by atoms with Gasteiger partial charge in [0.1, 0.15) is 4.87 Å². The smallest absolute Gasteiger partial charge is 0.329 e. The zero-order chi connectivity index (χ0) is 18.5. The summed E-state index contributed by atoms with van der Waals surface area (Å²) < 4.78 is -0.652. The van der Waals surface area contributed by atoms with Crippen LogP contribution in [0.2, 0.25) is 0 Å². The fourth-order valence-electron chi connectivity index (χ4n) is 2.52. The highest BCUT2D eigenvalue weighted by atomic mass is 32.2. The van der Waals surface area contributed by atoms with Gasteiger partial charge in [0, 0.05) is 11.2 Å². The molecule has 3 amide bonds. The quantitative estimate of drug-likeness (QED) is 0.579. The van der Waals surface area contributed by atoms with Crippen molar-refractivity contribution in [2.75, 3.05) is 13.1 Å². The molecule has 1 aliphatic heterocycles. The number of nitrogens with zero attached hydrogens (tertiary/aromatic N) is 1. The Kier molecular flexibility index (Phi) is 6.16. The summed E-state index contributed by atoms with van der Waals surface area (Å²) >= 11 is 1.21. The number of terminal acetylenes is 2. The van der Waals surface area contributed by atoms with Crippen molar-refractivity contribution >= 4 is 29.7 Å². The number of urea groups is 1. The second-order valence-electron chi connectivity index (χ2n) is 6.17. The van der Waals surface area contributed by atoms with Crippen LogP contribution in [-0.2, 0) is 9.59 Å². The van der Waals surface area contributed by atoms with Gasteiger partial charge in [-0.25, -0.2) is 9.59 Å². The van der Waals surface area contributed by atoms with Crippen molar-refractivity contribution < 1.29 is 19.5 Å². The highest BCUT2D eigenvalue weighted by Crippen LogP contribution is 2.41. The Balaban J connectivity index is 2.87. The summed E-state index contributed by atoms with van der Waals surface area (Å²) in [6.07, 6.45) is 10.6. The van der Waals surface area contributed by atoms with Crippen molar-refractivity contribution in [1.29, 1.82) is 0 Å². The van der Waals surface area contributed by atoms with E-state index in [0.717, 1.165) is 0 Å². The van der Waals surface area contributed by atoms with E-state index in [-0.39, 0.29) is 25.4 Å². The van der Waals surface area contributed by atoms with Crippen LogP contribution in [0.5, 0.6) is 0 Å². The van der Waals surface area contributed by atoms with Gasteiger partial charge in [0.25, 0.3) is 0 Å². The van der Waals surface area contributed by atoms with Crippen LogP contribution in [0, 0.1) is 24.7 Å². The number of amides is 3. The van der Waals surface area contributed by atoms with E-state index in [1.54, 1.807) is 20.8 Å². The molecule has 0 radical (unpaired) electrons. The fourth-order valence-corrected chi connectivity index (χ4v) is 4.29. The van der Waals surface area contributed by atoms with Crippen molar-refractivity contribution in [2.45, 2.75) is 42.9 Å². The predicted octanol–water partition coefficient (Wildman–Crippen LogP) is 0.466. The number of thioether (sulfide) groups is 1. The molecule has 0 bridgehead atoms. The summed E-state index contributed by atoms with van der Waals surface area (Å²) in [4.78, 5) is 35.6. The van der Waals surface area contributed by atoms with Gasteiger partial charge in [0.2, 0.25) is 5.91 Å². The van der Waals surface area contributed by atoms with Crippen LogP contribution in [-0.4, -0.2) is 56.7 Å². The SMILES string of the molecule is C#CCN(CC#C)C(=O)CC(C)(C)S[C@@]1(C)NC(=O)N[C@@H]1C(=O)O. The molecule has 1 rings (SSSR count). The third-order valence-electron chi connectivity index (χ3n) is 3.42. The third-order valence-corrected chi connectivity index (χ3v) is 4.88. The number of aliphatic carboxylic acids is 1. The van der Waals surface area contributed by atoms with E-state index in [0.29, 0.717) is 0 Å². The Morgan fingerprint density at radius 3 is 2.38 bits per heavy atom. The van der Waals surface area contributed by atoms with Crippen LogP contribution in [0.1, 0.15) is 27.2 Å². The molecule has 0 aromatic heterocycles. The molecular weight excluding hydrogens is 330 g/mol. The molecule has 0 aliphatic carbocycles. The van der Waals surface area contributed by atoms with Gasteiger partial charge in [-0.1, -0.05) is 25.7 Å². The molecule has 1 fully saturated rings. The van der Waals surface area contributed by atoms with E-state index in [4.69, 9.17) is 12.8 Å². The maximum Gasteiger partial charge on any atom is 0.329 e. The Bertz CT molecular complexity index is 604. The van der Waals surface area contributed by atoms with Crippen molar-refractivity contribution in [3.8, 4) is 24.7 Å². The van der Waals surface area contributed by atoms with Gasteiger partial charge in [-0.2, -0.15) is 0 Å². The lowest BCUT2D eigenvalue weighted by molar-refractivity contribution is -0.139. The molecule has 130 valence electrons. The maximum absolute atomic E-state index is 12.4. The lowest BCUT2D eigenvalue weighted by atomic mass is 10.1. The number of hydrogen-bond acceptors (Lipinski definition) is 4. The summed E-state index contributed by atoms with van der Waals surface area (Å²) in [5.74, 6) is 3.40. The first-order valence-electron chi connectivity index (χ1n) is 7.21. The molecule has 1 saturated heterocycles. The second kappa shape index (κ2) is 7.50. The first kappa shape index (κ1) is 19.7. The summed E-state index contributed by atoms with van der Waals surface area (Å²) in [7, 11) is 0. The number of carbonyl (C=O) groups is 3. The van der Waals surface area contributed by atoms with Gasteiger partial charge in [-0.3, -0.25) is 4.79 Å². The lowest BCUT2D eigenvalue weighted by Crippen LogP contribution is -2.51. The Hall–Kier alpha value is -2.32. The minimum absolute atomic E-state index is 0.0961. The lowest BCUT2D eigenvalue weighted by Gasteiger charge is -2.36. The van der Waals surface area contributed by atoms with Crippen LogP contribution < -0.4 is 10.6 Å². The predicted molar refractivity (Wildman–Crippen MR) is 92.0 cm³/mol. The third kappa shape index (κ3) is 4.84. The van der Waals surface area contributed by atoms with E-state index < -0.39 is 27.7 Å². The largest absolute Gasteiger partial charge is 0.480 e. The molecule has 8 heteroatoms. The molecule has 3 N–H and O–H groups in total. The summed E-state index contributed by atoms with van der Waals surface area (Å²) in [5, 5.41) is 14.3. The summed E-state index contributed by atoms with van der Waals surface area (Å²) in [5.41, 5.74) is 0. The molecule has 0 aromatic rings. The Morgan fingerprint density at radius 2 is 1.92 bits per heavy atom. The van der Waals surface area contributed by atoms with Crippen LogP contribution in [0.3, 0.4) is 0 Å². The number of nitrogens with one attached hydrogen (secondary N) is 2. The first-order valence-corrected chi connectivity index (χ1v) is 8.02. The van der Waals surface area contributed by atoms with Crippen LogP contribution in [0.4, 0.5) is 4.79 Å². The van der Waals surface area contributed by atoms with E-state index in [1.165, 1.54) is 16.7 Å². The van der Waals surface area contributed by atoms with Crippen molar-refractivity contribution in [1.82, 2.24) is 15.5 Å². The Morgan fingerprint density at radius 1 is 1.38 bits per heavy atom. The van der Waals surface area contributed by atoms with Gasteiger partial charge in [-0.05, 0) is 6.92 Å². The molecule has 0 spiro atoms. The molecule has 1 heterocycles. The molecule has 0 saturated carbocycles. The topological polar surface area (TPSA) is 98.7 Å². The van der Waals surface area contributed by atoms with Gasteiger partial charge < -0.3 is 20.6 Å². The van der Waals surface area contributed by atoms with Crippen molar-refractivity contribution in [3.63, 3.8) is 0 Å². The van der Waals surface area contributed by atoms with Crippen LogP contribution in [0.15, 0.2) is 0 Å². The monoisotopic (exact) mass is 351 g/mol. The number of carboxylic acids is 1. The normalized spacial score (nSPS) is 22.7. The van der Waals surface area contributed by atoms with Gasteiger partial charge >= 0.3 is 12.0 Å². The number of carbonyl (C=O) groups excluding carboxylic acids is 2. The minimum atomic E-state index is -1.15. The number of hydrogen-bond donors (Lipinski definition) is 3. The van der Waals surface area contributed by atoms with Crippen LogP contribution in [0.25, 0.3) is 0 Å². The zero-order valence-electron chi connectivity index (χ0n) is 13.9. The average molecular weight is 351 g/mol. The van der Waals surface area contributed by atoms with E-state index in [2.05, 4.69) is 22.5 Å². The highest BCUT2D eigenvalue weighted by molar-refractivity contribution is 8.02. The number of rotatable bonds is 7. The molecular formula is C16H21N3O4S. The van der Waals surface area contributed by atoms with Gasteiger partial charge in [0.15, 0.2) is 6.04 Å². The minimum Gasteiger partial charge on any atom is -0.480 e. The van der Waals surface area contributed by atoms with Crippen LogP contribution >= 0.6 is 11.8 Å². The maximum atomic E-state index is 12.4. The molecule has 0 aromatic carbocycles. The zero-order valence-corrected chi connectivity index (χ0v) is 14.7. The molecule has 2 atom stereocenters. The Labute approximate surface area is 145 Å². The standard InChI is InChI=1S/C16H21N3O4S/c1-6-8-19(9-7-2)11(20)10-15(3,4)24-16(5)12(13(21)22)17-14(23)18-16/h1-2,12H,8-10H2,3-5H3,(H,21,22)(H2,17,18,23)/t12-,16-/m1/s1. The van der Waals surface area contributed by atoms with E-state index >= 15 is 0 Å². The van der Waals surface area contributed by atoms with E-state index in [1.807, 2.05) is 0 Å². The van der Waals surface area contributed by atoms with Gasteiger partial charge in [0.05, 0.1) is 13.1 Å². The summed E-state index contributed by atoms with van der Waals surface area (Å²) in [6.45, 7) is 5.43. The highest BCUT2D eigenvalue weighted by Gasteiger charge is 2.50. The molecule has 24 heavy (non-hydrogen) atoms. The summed E-state index contributed by atoms with van der Waals surface area (Å²) in [6, 6.07) is -1.65. The first-order chi connectivity index (χ1) is 11.0. The molecule has 7 nitrogen and oxygen atoms in total. The molecule has 0 unspecified atom stereocenters.